The Bertz CT molecular complexity index is 503. The number of hydrogen-bond donors (Lipinski definition) is 3. The van der Waals surface area contributed by atoms with Gasteiger partial charge in [0.25, 0.3) is 5.91 Å². The maximum atomic E-state index is 13.2. The summed E-state index contributed by atoms with van der Waals surface area (Å²) in [5, 5.41) is 28.6. The molecule has 0 bridgehead atoms. The van der Waals surface area contributed by atoms with Gasteiger partial charge in [-0.1, -0.05) is 0 Å². The molecule has 104 valence electrons. The Kier molecular flexibility index (Phi) is 3.47. The second kappa shape index (κ2) is 4.79. The number of phenolic OH excluding ortho intramolecular Hbond substituents is 1. The minimum Gasteiger partial charge on any atom is -0.505 e. The third kappa shape index (κ3) is 2.69. The summed E-state index contributed by atoms with van der Waals surface area (Å²) in [4.78, 5) is 13.5. The lowest BCUT2D eigenvalue weighted by atomic mass is 9.90. The number of aliphatic hydroxyl groups is 2. The van der Waals surface area contributed by atoms with Gasteiger partial charge in [0.15, 0.2) is 11.6 Å². The van der Waals surface area contributed by atoms with Gasteiger partial charge in [0.1, 0.15) is 0 Å². The molecule has 6 heteroatoms. The molecule has 1 aliphatic heterocycles. The van der Waals surface area contributed by atoms with Gasteiger partial charge in [0, 0.05) is 18.7 Å². The van der Waals surface area contributed by atoms with Crippen molar-refractivity contribution < 1.29 is 24.5 Å². The number of aliphatic hydroxyl groups excluding tert-OH is 1. The zero-order valence-electron chi connectivity index (χ0n) is 10.5. The zero-order chi connectivity index (χ0) is 14.2. The van der Waals surface area contributed by atoms with E-state index in [1.165, 1.54) is 17.9 Å². The van der Waals surface area contributed by atoms with E-state index in [9.17, 15) is 19.4 Å². The smallest absolute Gasteiger partial charge is 0.254 e. The maximum Gasteiger partial charge on any atom is 0.254 e. The number of hydrogen-bond acceptors (Lipinski definition) is 4. The van der Waals surface area contributed by atoms with E-state index in [1.807, 2.05) is 0 Å². The number of halogens is 1. The van der Waals surface area contributed by atoms with E-state index in [0.29, 0.717) is 0 Å². The lowest BCUT2D eigenvalue weighted by Gasteiger charge is -2.39. The predicted octanol–water partition coefficient (Wildman–Crippen LogP) is 0.489. The molecule has 1 heterocycles. The van der Waals surface area contributed by atoms with E-state index in [-0.39, 0.29) is 25.1 Å². The number of piperidine rings is 1. The highest BCUT2D eigenvalue weighted by atomic mass is 19.1. The summed E-state index contributed by atoms with van der Waals surface area (Å²) in [5.74, 6) is -1.82. The first kappa shape index (κ1) is 13.8. The fraction of sp³-hybridized carbons (Fsp3) is 0.462. The number of carbonyl (C=O) groups is 1. The van der Waals surface area contributed by atoms with Crippen molar-refractivity contribution >= 4 is 5.91 Å². The monoisotopic (exact) mass is 269 g/mol. The molecule has 2 rings (SSSR count). The minimum atomic E-state index is -1.21. The molecule has 1 aromatic carbocycles. The summed E-state index contributed by atoms with van der Waals surface area (Å²) in [6.45, 7) is 1.79. The van der Waals surface area contributed by atoms with Crippen molar-refractivity contribution in [3.05, 3.63) is 29.6 Å². The van der Waals surface area contributed by atoms with E-state index in [0.717, 1.165) is 12.1 Å². The number of nitrogens with zero attached hydrogens (tertiary/aromatic N) is 1. The van der Waals surface area contributed by atoms with E-state index >= 15 is 0 Å². The lowest BCUT2D eigenvalue weighted by molar-refractivity contribution is -0.0999. The van der Waals surface area contributed by atoms with Gasteiger partial charge in [-0.25, -0.2) is 4.39 Å². The molecule has 1 amide bonds. The topological polar surface area (TPSA) is 81.0 Å². The van der Waals surface area contributed by atoms with Crippen molar-refractivity contribution in [2.24, 2.45) is 0 Å². The third-order valence-corrected chi connectivity index (χ3v) is 3.48. The molecule has 2 atom stereocenters. The molecule has 0 aromatic heterocycles. The molecule has 5 nitrogen and oxygen atoms in total. The highest BCUT2D eigenvalue weighted by Crippen LogP contribution is 2.24. The van der Waals surface area contributed by atoms with Gasteiger partial charge in [-0.05, 0) is 31.5 Å². The minimum absolute atomic E-state index is 0.00563. The van der Waals surface area contributed by atoms with Crippen LogP contribution in [0.3, 0.4) is 0 Å². The van der Waals surface area contributed by atoms with Gasteiger partial charge in [0.05, 0.1) is 11.7 Å². The molecular formula is C13H16FNO4. The average Bonchev–Trinajstić information content (AvgIpc) is 2.35. The molecule has 0 radical (unpaired) electrons. The highest BCUT2D eigenvalue weighted by molar-refractivity contribution is 5.94. The molecule has 0 spiro atoms. The molecule has 19 heavy (non-hydrogen) atoms. The standard InChI is InChI=1S/C13H16FNO4/c1-13(19)4-5-15(7-11(13)17)12(18)8-2-3-10(16)9(14)6-8/h2-3,6,11,16-17,19H,4-5,7H2,1H3/t11-,13-/m1/s1. The SMILES string of the molecule is C[C@@]1(O)CCN(C(=O)c2ccc(O)c(F)c2)C[C@H]1O. The zero-order valence-corrected chi connectivity index (χ0v) is 10.5. The molecule has 1 saturated heterocycles. The summed E-state index contributed by atoms with van der Waals surface area (Å²) >= 11 is 0. The Morgan fingerprint density at radius 2 is 2.21 bits per heavy atom. The molecule has 0 saturated carbocycles. The largest absolute Gasteiger partial charge is 0.505 e. The van der Waals surface area contributed by atoms with Crippen LogP contribution < -0.4 is 0 Å². The van der Waals surface area contributed by atoms with E-state index in [2.05, 4.69) is 0 Å². The van der Waals surface area contributed by atoms with Crippen molar-refractivity contribution in [2.45, 2.75) is 25.0 Å². The average molecular weight is 269 g/mol. The second-order valence-corrected chi connectivity index (χ2v) is 5.04. The van der Waals surface area contributed by atoms with Crippen LogP contribution in [0.15, 0.2) is 18.2 Å². The number of benzene rings is 1. The Morgan fingerprint density at radius 1 is 1.53 bits per heavy atom. The third-order valence-electron chi connectivity index (χ3n) is 3.48. The van der Waals surface area contributed by atoms with E-state index in [1.54, 1.807) is 0 Å². The maximum absolute atomic E-state index is 13.2. The number of likely N-dealkylation sites (tertiary alicyclic amines) is 1. The number of phenols is 1. The summed E-state index contributed by atoms with van der Waals surface area (Å²) in [6, 6.07) is 3.38. The van der Waals surface area contributed by atoms with Crippen LogP contribution in [-0.2, 0) is 0 Å². The van der Waals surface area contributed by atoms with Crippen molar-refractivity contribution in [2.75, 3.05) is 13.1 Å². The number of β-amino-alcohol motifs (C(OH)–C–C–N with tert-alkyl or cyclic N) is 1. The van der Waals surface area contributed by atoms with Crippen LogP contribution in [0, 0.1) is 5.82 Å². The number of amides is 1. The van der Waals surface area contributed by atoms with Crippen molar-refractivity contribution in [1.82, 2.24) is 4.90 Å². The van der Waals surface area contributed by atoms with Crippen LogP contribution in [0.4, 0.5) is 4.39 Å². The van der Waals surface area contributed by atoms with Gasteiger partial charge in [-0.2, -0.15) is 0 Å². The molecule has 1 aromatic rings. The first-order chi connectivity index (χ1) is 8.81. The molecule has 1 aliphatic rings. The van der Waals surface area contributed by atoms with Crippen LogP contribution in [0.5, 0.6) is 5.75 Å². The second-order valence-electron chi connectivity index (χ2n) is 5.04. The quantitative estimate of drug-likeness (QED) is 0.693. The van der Waals surface area contributed by atoms with Crippen LogP contribution in [-0.4, -0.2) is 50.9 Å². The first-order valence-corrected chi connectivity index (χ1v) is 5.99. The normalized spacial score (nSPS) is 27.4. The first-order valence-electron chi connectivity index (χ1n) is 5.99. The summed E-state index contributed by atoms with van der Waals surface area (Å²) in [7, 11) is 0. The number of carbonyl (C=O) groups excluding carboxylic acids is 1. The van der Waals surface area contributed by atoms with Crippen LogP contribution in [0.1, 0.15) is 23.7 Å². The molecular weight excluding hydrogens is 253 g/mol. The van der Waals surface area contributed by atoms with Gasteiger partial charge in [0.2, 0.25) is 0 Å². The fourth-order valence-corrected chi connectivity index (χ4v) is 2.03. The highest BCUT2D eigenvalue weighted by Gasteiger charge is 2.38. The summed E-state index contributed by atoms with van der Waals surface area (Å²) in [6.07, 6.45) is -0.785. The van der Waals surface area contributed by atoms with Crippen molar-refractivity contribution in [3.63, 3.8) is 0 Å². The van der Waals surface area contributed by atoms with Crippen molar-refractivity contribution in [1.29, 1.82) is 0 Å². The molecule has 3 N–H and O–H groups in total. The molecule has 0 unspecified atom stereocenters. The van der Waals surface area contributed by atoms with Crippen LogP contribution in [0.2, 0.25) is 0 Å². The van der Waals surface area contributed by atoms with E-state index in [4.69, 9.17) is 5.11 Å². The van der Waals surface area contributed by atoms with Gasteiger partial charge in [-0.15, -0.1) is 0 Å². The fourth-order valence-electron chi connectivity index (χ4n) is 2.03. The van der Waals surface area contributed by atoms with Gasteiger partial charge >= 0.3 is 0 Å². The van der Waals surface area contributed by atoms with Crippen molar-refractivity contribution in [3.8, 4) is 5.75 Å². The summed E-state index contributed by atoms with van der Waals surface area (Å²) in [5.41, 5.74) is -1.11. The molecule has 1 fully saturated rings. The number of rotatable bonds is 1. The summed E-state index contributed by atoms with van der Waals surface area (Å²) < 4.78 is 13.2. The molecule has 0 aliphatic carbocycles. The van der Waals surface area contributed by atoms with Crippen LogP contribution >= 0.6 is 0 Å². The van der Waals surface area contributed by atoms with Gasteiger partial charge < -0.3 is 20.2 Å². The Hall–Kier alpha value is -1.66. The Labute approximate surface area is 109 Å². The van der Waals surface area contributed by atoms with E-state index < -0.39 is 29.2 Å². The Balaban J connectivity index is 2.14. The Morgan fingerprint density at radius 3 is 2.79 bits per heavy atom. The number of aromatic hydroxyl groups is 1. The lowest BCUT2D eigenvalue weighted by Crippen LogP contribution is -2.55. The van der Waals surface area contributed by atoms with Gasteiger partial charge in [-0.3, -0.25) is 4.79 Å². The van der Waals surface area contributed by atoms with Crippen LogP contribution in [0.25, 0.3) is 0 Å². The predicted molar refractivity (Wildman–Crippen MR) is 65.2 cm³/mol.